The Morgan fingerprint density at radius 3 is 2.69 bits per heavy atom. The molecule has 0 aliphatic rings. The number of nitrogens with zero attached hydrogens (tertiary/aromatic N) is 2. The smallest absolute Gasteiger partial charge is 0.130 e. The van der Waals surface area contributed by atoms with Gasteiger partial charge < -0.3 is 5.32 Å². The molecular weight excluding hydrogens is 162 g/mol. The van der Waals surface area contributed by atoms with Crippen LogP contribution in [0.25, 0.3) is 0 Å². The van der Waals surface area contributed by atoms with Crippen LogP contribution in [-0.2, 0) is 0 Å². The van der Waals surface area contributed by atoms with Crippen LogP contribution in [0.4, 0.5) is 5.82 Å². The Bertz CT molecular complexity index is 287. The first-order valence-corrected chi connectivity index (χ1v) is 4.33. The van der Waals surface area contributed by atoms with Gasteiger partial charge in [-0.3, -0.25) is 0 Å². The normalized spacial score (nSPS) is 12.2. The van der Waals surface area contributed by atoms with Crippen molar-refractivity contribution in [2.75, 3.05) is 5.32 Å². The lowest BCUT2D eigenvalue weighted by Crippen LogP contribution is -2.13. The van der Waals surface area contributed by atoms with Crippen LogP contribution >= 0.6 is 0 Å². The zero-order valence-electron chi connectivity index (χ0n) is 8.33. The summed E-state index contributed by atoms with van der Waals surface area (Å²) in [5, 5.41) is 3.20. The molecule has 70 valence electrons. The molecule has 0 aliphatic carbocycles. The Balaban J connectivity index is 2.82. The molecule has 3 heteroatoms. The van der Waals surface area contributed by atoms with Gasteiger partial charge in [0.15, 0.2) is 0 Å². The van der Waals surface area contributed by atoms with Gasteiger partial charge in [0.05, 0.1) is 0 Å². The second kappa shape index (κ2) is 4.03. The highest BCUT2D eigenvalue weighted by Gasteiger charge is 2.00. The molecule has 0 fully saturated rings. The van der Waals surface area contributed by atoms with Crippen LogP contribution in [0.3, 0.4) is 0 Å². The molecule has 1 N–H and O–H groups in total. The first-order chi connectivity index (χ1) is 6.11. The molecule has 0 spiro atoms. The minimum atomic E-state index is 0.230. The number of hydrogen-bond acceptors (Lipinski definition) is 3. The van der Waals surface area contributed by atoms with Crippen molar-refractivity contribution in [2.45, 2.75) is 26.8 Å². The summed E-state index contributed by atoms with van der Waals surface area (Å²) in [5.41, 5.74) is 0.978. The van der Waals surface area contributed by atoms with Crippen molar-refractivity contribution in [2.24, 2.45) is 0 Å². The Morgan fingerprint density at radius 1 is 1.46 bits per heavy atom. The highest BCUT2D eigenvalue weighted by Crippen LogP contribution is 2.07. The van der Waals surface area contributed by atoms with Gasteiger partial charge in [0.1, 0.15) is 11.6 Å². The second-order valence-electron chi connectivity index (χ2n) is 3.11. The standard InChI is InChI=1S/C10H15N3/c1-5-7(2)12-10-6-8(3)11-9(4)13-10/h5-7H,1H2,2-4H3,(H,11,12,13). The third-order valence-corrected chi connectivity index (χ3v) is 1.70. The molecule has 0 aromatic carbocycles. The summed E-state index contributed by atoms with van der Waals surface area (Å²) in [5.74, 6) is 1.65. The quantitative estimate of drug-likeness (QED) is 0.718. The number of hydrogen-bond donors (Lipinski definition) is 1. The summed E-state index contributed by atoms with van der Waals surface area (Å²) in [6, 6.07) is 2.15. The summed E-state index contributed by atoms with van der Waals surface area (Å²) in [6.45, 7) is 9.57. The average Bonchev–Trinajstić information content (AvgIpc) is 2.02. The fourth-order valence-electron chi connectivity index (χ4n) is 1.08. The molecular formula is C10H15N3. The fraction of sp³-hybridized carbons (Fsp3) is 0.400. The van der Waals surface area contributed by atoms with Gasteiger partial charge in [-0.15, -0.1) is 6.58 Å². The lowest BCUT2D eigenvalue weighted by atomic mass is 10.3. The van der Waals surface area contributed by atoms with Crippen molar-refractivity contribution < 1.29 is 0 Å². The summed E-state index contributed by atoms with van der Waals surface area (Å²) in [7, 11) is 0. The van der Waals surface area contributed by atoms with Crippen LogP contribution in [0.2, 0.25) is 0 Å². The summed E-state index contributed by atoms with van der Waals surface area (Å²) in [4.78, 5) is 8.44. The van der Waals surface area contributed by atoms with Gasteiger partial charge >= 0.3 is 0 Å². The molecule has 0 aliphatic heterocycles. The Morgan fingerprint density at radius 2 is 2.15 bits per heavy atom. The molecule has 1 aromatic rings. The lowest BCUT2D eigenvalue weighted by molar-refractivity contribution is 0.947. The average molecular weight is 177 g/mol. The molecule has 1 unspecified atom stereocenters. The van der Waals surface area contributed by atoms with Gasteiger partial charge in [0.2, 0.25) is 0 Å². The van der Waals surface area contributed by atoms with Crippen molar-refractivity contribution in [3.63, 3.8) is 0 Å². The molecule has 0 bridgehead atoms. The largest absolute Gasteiger partial charge is 0.364 e. The lowest BCUT2D eigenvalue weighted by Gasteiger charge is -2.10. The van der Waals surface area contributed by atoms with Crippen LogP contribution in [0.15, 0.2) is 18.7 Å². The van der Waals surface area contributed by atoms with Crippen molar-refractivity contribution in [3.05, 3.63) is 30.2 Å². The van der Waals surface area contributed by atoms with Gasteiger partial charge in [-0.1, -0.05) is 6.08 Å². The van der Waals surface area contributed by atoms with Crippen LogP contribution < -0.4 is 5.32 Å². The highest BCUT2D eigenvalue weighted by atomic mass is 15.0. The van der Waals surface area contributed by atoms with Gasteiger partial charge in [-0.25, -0.2) is 9.97 Å². The van der Waals surface area contributed by atoms with E-state index >= 15 is 0 Å². The van der Waals surface area contributed by atoms with E-state index < -0.39 is 0 Å². The van der Waals surface area contributed by atoms with E-state index in [1.807, 2.05) is 32.9 Å². The number of nitrogens with one attached hydrogen (secondary N) is 1. The van der Waals surface area contributed by atoms with Crippen LogP contribution in [-0.4, -0.2) is 16.0 Å². The monoisotopic (exact) mass is 177 g/mol. The maximum Gasteiger partial charge on any atom is 0.130 e. The predicted octanol–water partition coefficient (Wildman–Crippen LogP) is 2.08. The van der Waals surface area contributed by atoms with Crippen molar-refractivity contribution in [1.29, 1.82) is 0 Å². The zero-order chi connectivity index (χ0) is 9.84. The van der Waals surface area contributed by atoms with Crippen molar-refractivity contribution in [3.8, 4) is 0 Å². The Labute approximate surface area is 78.9 Å². The fourth-order valence-corrected chi connectivity index (χ4v) is 1.08. The third-order valence-electron chi connectivity index (χ3n) is 1.70. The highest BCUT2D eigenvalue weighted by molar-refractivity contribution is 5.37. The summed E-state index contributed by atoms with van der Waals surface area (Å²) in [6.07, 6.45) is 1.84. The van der Waals surface area contributed by atoms with Crippen molar-refractivity contribution >= 4 is 5.82 Å². The summed E-state index contributed by atoms with van der Waals surface area (Å²) < 4.78 is 0. The van der Waals surface area contributed by atoms with Gasteiger partial charge in [-0.05, 0) is 20.8 Å². The molecule has 1 aromatic heterocycles. The van der Waals surface area contributed by atoms with E-state index in [-0.39, 0.29) is 6.04 Å². The Hall–Kier alpha value is -1.38. The molecule has 0 saturated heterocycles. The second-order valence-corrected chi connectivity index (χ2v) is 3.11. The topological polar surface area (TPSA) is 37.8 Å². The first-order valence-electron chi connectivity index (χ1n) is 4.33. The van der Waals surface area contributed by atoms with Gasteiger partial charge in [-0.2, -0.15) is 0 Å². The molecule has 0 saturated carbocycles. The predicted molar refractivity (Wildman–Crippen MR) is 54.8 cm³/mol. The first kappa shape index (κ1) is 9.71. The van der Waals surface area contributed by atoms with Crippen LogP contribution in [0.5, 0.6) is 0 Å². The van der Waals surface area contributed by atoms with Crippen LogP contribution in [0, 0.1) is 13.8 Å². The molecule has 1 atom stereocenters. The van der Waals surface area contributed by atoms with Crippen molar-refractivity contribution in [1.82, 2.24) is 9.97 Å². The molecule has 0 amide bonds. The van der Waals surface area contributed by atoms with E-state index in [1.54, 1.807) is 0 Å². The van der Waals surface area contributed by atoms with E-state index in [9.17, 15) is 0 Å². The Kier molecular flexibility index (Phi) is 3.01. The molecule has 3 nitrogen and oxygen atoms in total. The van der Waals surface area contributed by atoms with Crippen LogP contribution in [0.1, 0.15) is 18.4 Å². The SMILES string of the molecule is C=CC(C)Nc1cc(C)nc(C)n1. The maximum absolute atomic E-state index is 4.25. The number of aryl methyl sites for hydroxylation is 2. The van der Waals surface area contributed by atoms with E-state index in [0.29, 0.717) is 0 Å². The zero-order valence-corrected chi connectivity index (χ0v) is 8.33. The minimum absolute atomic E-state index is 0.230. The van der Waals surface area contributed by atoms with E-state index in [0.717, 1.165) is 17.3 Å². The number of rotatable bonds is 3. The number of aromatic nitrogens is 2. The van der Waals surface area contributed by atoms with Gasteiger partial charge in [0, 0.05) is 17.8 Å². The van der Waals surface area contributed by atoms with E-state index in [4.69, 9.17) is 0 Å². The molecule has 13 heavy (non-hydrogen) atoms. The minimum Gasteiger partial charge on any atom is -0.364 e. The molecule has 1 rings (SSSR count). The summed E-state index contributed by atoms with van der Waals surface area (Å²) >= 11 is 0. The third kappa shape index (κ3) is 2.86. The van der Waals surface area contributed by atoms with E-state index in [1.165, 1.54) is 0 Å². The number of anilines is 1. The molecule has 1 heterocycles. The van der Waals surface area contributed by atoms with Gasteiger partial charge in [0.25, 0.3) is 0 Å². The van der Waals surface area contributed by atoms with E-state index in [2.05, 4.69) is 21.9 Å². The molecule has 0 radical (unpaired) electrons. The maximum atomic E-state index is 4.25.